The molecule has 1 aliphatic carbocycles. The van der Waals surface area contributed by atoms with Gasteiger partial charge in [0, 0.05) is 24.6 Å². The first-order valence-corrected chi connectivity index (χ1v) is 9.70. The van der Waals surface area contributed by atoms with E-state index in [9.17, 15) is 14.0 Å². The van der Waals surface area contributed by atoms with Gasteiger partial charge in [-0.2, -0.15) is 4.98 Å². The van der Waals surface area contributed by atoms with Crippen molar-refractivity contribution in [1.82, 2.24) is 20.4 Å². The largest absolute Gasteiger partial charge is 0.344 e. The third-order valence-electron chi connectivity index (χ3n) is 5.30. The zero-order chi connectivity index (χ0) is 19.7. The summed E-state index contributed by atoms with van der Waals surface area (Å²) in [5, 5.41) is 6.82. The number of likely N-dealkylation sites (tertiary alicyclic amines) is 1. The van der Waals surface area contributed by atoms with Gasteiger partial charge < -0.3 is 14.7 Å². The Morgan fingerprint density at radius 3 is 2.68 bits per heavy atom. The molecule has 2 amide bonds. The van der Waals surface area contributed by atoms with Crippen LogP contribution in [-0.2, 0) is 9.59 Å². The lowest BCUT2D eigenvalue weighted by Crippen LogP contribution is -2.46. The number of benzene rings is 1. The van der Waals surface area contributed by atoms with Crippen LogP contribution in [0.1, 0.15) is 44.5 Å². The number of halogens is 1. The Balaban J connectivity index is 1.36. The standard InChI is InChI=1S/C20H23FN4O3/c1-12(19-23-17(24-28-19)13-6-8-16(21)9-7-13)22-18(26)15-3-2-10-25(11-15)20(27)14-4-5-14/h6-9,12,14-15H,2-5,10-11H2,1H3,(H,22,26). The van der Waals surface area contributed by atoms with E-state index >= 15 is 0 Å². The van der Waals surface area contributed by atoms with Crippen molar-refractivity contribution in [3.8, 4) is 11.4 Å². The van der Waals surface area contributed by atoms with E-state index < -0.39 is 6.04 Å². The summed E-state index contributed by atoms with van der Waals surface area (Å²) < 4.78 is 18.3. The molecule has 2 aromatic rings. The highest BCUT2D eigenvalue weighted by molar-refractivity contribution is 5.83. The van der Waals surface area contributed by atoms with Crippen molar-refractivity contribution in [3.05, 3.63) is 36.0 Å². The predicted octanol–water partition coefficient (Wildman–Crippen LogP) is 2.70. The van der Waals surface area contributed by atoms with Crippen molar-refractivity contribution in [2.45, 2.75) is 38.6 Å². The van der Waals surface area contributed by atoms with E-state index in [1.54, 1.807) is 19.1 Å². The number of aromatic nitrogens is 2. The number of hydrogen-bond donors (Lipinski definition) is 1. The molecule has 2 heterocycles. The number of amides is 2. The molecule has 148 valence electrons. The molecule has 1 aromatic heterocycles. The fourth-order valence-corrected chi connectivity index (χ4v) is 3.50. The molecule has 1 aliphatic heterocycles. The second kappa shape index (κ2) is 7.69. The number of piperidine rings is 1. The average Bonchev–Trinajstić information content (AvgIpc) is 3.44. The molecular formula is C20H23FN4O3. The second-order valence-corrected chi connectivity index (χ2v) is 7.59. The number of carbonyl (C=O) groups is 2. The lowest BCUT2D eigenvalue weighted by atomic mass is 9.96. The molecule has 1 saturated heterocycles. The Labute approximate surface area is 162 Å². The minimum Gasteiger partial charge on any atom is -0.344 e. The van der Waals surface area contributed by atoms with Crippen molar-refractivity contribution in [1.29, 1.82) is 0 Å². The van der Waals surface area contributed by atoms with Crippen molar-refractivity contribution in [2.75, 3.05) is 13.1 Å². The Hall–Kier alpha value is -2.77. The number of nitrogens with one attached hydrogen (secondary N) is 1. The van der Waals surface area contributed by atoms with Crippen LogP contribution in [0.2, 0.25) is 0 Å². The second-order valence-electron chi connectivity index (χ2n) is 7.59. The predicted molar refractivity (Wildman–Crippen MR) is 98.3 cm³/mol. The molecule has 0 spiro atoms. The monoisotopic (exact) mass is 386 g/mol. The van der Waals surface area contributed by atoms with Crippen molar-refractivity contribution >= 4 is 11.8 Å². The molecule has 2 unspecified atom stereocenters. The van der Waals surface area contributed by atoms with E-state index in [0.717, 1.165) is 32.2 Å². The van der Waals surface area contributed by atoms with Crippen LogP contribution in [0.5, 0.6) is 0 Å². The summed E-state index contributed by atoms with van der Waals surface area (Å²) in [5.41, 5.74) is 0.636. The molecule has 0 bridgehead atoms. The van der Waals surface area contributed by atoms with Crippen LogP contribution >= 0.6 is 0 Å². The number of carbonyl (C=O) groups excluding carboxylic acids is 2. The lowest BCUT2D eigenvalue weighted by Gasteiger charge is -2.32. The number of hydrogen-bond acceptors (Lipinski definition) is 5. The van der Waals surface area contributed by atoms with Gasteiger partial charge in [0.15, 0.2) is 0 Å². The van der Waals surface area contributed by atoms with Crippen LogP contribution in [-0.4, -0.2) is 39.9 Å². The van der Waals surface area contributed by atoms with Crippen molar-refractivity contribution < 1.29 is 18.5 Å². The first kappa shape index (κ1) is 18.6. The first-order chi connectivity index (χ1) is 13.5. The smallest absolute Gasteiger partial charge is 0.249 e. The molecule has 28 heavy (non-hydrogen) atoms. The van der Waals surface area contributed by atoms with Crippen LogP contribution in [0.15, 0.2) is 28.8 Å². The van der Waals surface area contributed by atoms with Gasteiger partial charge >= 0.3 is 0 Å². The van der Waals surface area contributed by atoms with Gasteiger partial charge in [-0.05, 0) is 56.9 Å². The number of nitrogens with zero attached hydrogens (tertiary/aromatic N) is 3. The third-order valence-corrected chi connectivity index (χ3v) is 5.30. The highest BCUT2D eigenvalue weighted by atomic mass is 19.1. The minimum atomic E-state index is -0.455. The summed E-state index contributed by atoms with van der Waals surface area (Å²) in [6, 6.07) is 5.34. The highest BCUT2D eigenvalue weighted by Gasteiger charge is 2.37. The molecule has 7 nitrogen and oxygen atoms in total. The fourth-order valence-electron chi connectivity index (χ4n) is 3.50. The molecule has 4 rings (SSSR count). The molecule has 8 heteroatoms. The zero-order valence-electron chi connectivity index (χ0n) is 15.7. The van der Waals surface area contributed by atoms with Crippen LogP contribution < -0.4 is 5.32 Å². The Morgan fingerprint density at radius 1 is 1.21 bits per heavy atom. The molecule has 2 aliphatic rings. The van der Waals surface area contributed by atoms with E-state index in [1.807, 2.05) is 4.90 Å². The van der Waals surface area contributed by atoms with E-state index in [4.69, 9.17) is 4.52 Å². The number of rotatable bonds is 5. The van der Waals surface area contributed by atoms with Gasteiger partial charge in [-0.25, -0.2) is 4.39 Å². The molecule has 1 saturated carbocycles. The zero-order valence-corrected chi connectivity index (χ0v) is 15.7. The van der Waals surface area contributed by atoms with Crippen molar-refractivity contribution in [2.24, 2.45) is 11.8 Å². The van der Waals surface area contributed by atoms with E-state index in [0.29, 0.717) is 17.9 Å². The molecule has 1 aromatic carbocycles. The molecular weight excluding hydrogens is 363 g/mol. The summed E-state index contributed by atoms with van der Waals surface area (Å²) >= 11 is 0. The van der Waals surface area contributed by atoms with Gasteiger partial charge in [0.2, 0.25) is 23.5 Å². The van der Waals surface area contributed by atoms with Gasteiger partial charge in [-0.3, -0.25) is 9.59 Å². The topological polar surface area (TPSA) is 88.3 Å². The first-order valence-electron chi connectivity index (χ1n) is 9.70. The van der Waals surface area contributed by atoms with Gasteiger partial charge in [-0.15, -0.1) is 0 Å². The van der Waals surface area contributed by atoms with E-state index in [2.05, 4.69) is 15.5 Å². The molecule has 2 fully saturated rings. The summed E-state index contributed by atoms with van der Waals surface area (Å²) in [4.78, 5) is 31.1. The van der Waals surface area contributed by atoms with Crippen LogP contribution in [0.3, 0.4) is 0 Å². The minimum absolute atomic E-state index is 0.109. The van der Waals surface area contributed by atoms with Gasteiger partial charge in [0.05, 0.1) is 5.92 Å². The maximum absolute atomic E-state index is 13.0. The van der Waals surface area contributed by atoms with Gasteiger partial charge in [-0.1, -0.05) is 5.16 Å². The van der Waals surface area contributed by atoms with Crippen LogP contribution in [0.25, 0.3) is 11.4 Å². The molecule has 2 atom stereocenters. The summed E-state index contributed by atoms with van der Waals surface area (Å²) in [7, 11) is 0. The van der Waals surface area contributed by atoms with Gasteiger partial charge in [0.25, 0.3) is 0 Å². The lowest BCUT2D eigenvalue weighted by molar-refractivity contribution is -0.137. The highest BCUT2D eigenvalue weighted by Crippen LogP contribution is 2.32. The molecule has 0 radical (unpaired) electrons. The quantitative estimate of drug-likeness (QED) is 0.854. The van der Waals surface area contributed by atoms with Gasteiger partial charge in [0.1, 0.15) is 11.9 Å². The van der Waals surface area contributed by atoms with Crippen molar-refractivity contribution in [3.63, 3.8) is 0 Å². The summed E-state index contributed by atoms with van der Waals surface area (Å²) in [6.07, 6.45) is 3.53. The summed E-state index contributed by atoms with van der Waals surface area (Å²) in [5.74, 6) is 0.315. The van der Waals surface area contributed by atoms with E-state index in [1.165, 1.54) is 12.1 Å². The maximum Gasteiger partial charge on any atom is 0.249 e. The van der Waals surface area contributed by atoms with Crippen LogP contribution in [0, 0.1) is 17.7 Å². The SMILES string of the molecule is CC(NC(=O)C1CCCN(C(=O)C2CC2)C1)c1nc(-c2ccc(F)cc2)no1. The average molecular weight is 386 g/mol. The maximum atomic E-state index is 13.0. The summed E-state index contributed by atoms with van der Waals surface area (Å²) in [6.45, 7) is 2.98. The fraction of sp³-hybridized carbons (Fsp3) is 0.500. The van der Waals surface area contributed by atoms with Crippen LogP contribution in [0.4, 0.5) is 4.39 Å². The van der Waals surface area contributed by atoms with E-state index in [-0.39, 0.29) is 35.4 Å². The third kappa shape index (κ3) is 4.05. The molecule has 1 N–H and O–H groups in total. The Morgan fingerprint density at radius 2 is 1.96 bits per heavy atom. The normalized spacial score (nSPS) is 20.6. The Kier molecular flexibility index (Phi) is 5.11. The Bertz CT molecular complexity index is 863.